The van der Waals surface area contributed by atoms with Crippen molar-refractivity contribution in [3.8, 4) is 5.88 Å². The van der Waals surface area contributed by atoms with Crippen molar-refractivity contribution in [2.24, 2.45) is 0 Å². The maximum atomic E-state index is 6.53. The highest BCUT2D eigenvalue weighted by atomic mass is 16.5. The molecule has 29 heavy (non-hydrogen) atoms. The van der Waals surface area contributed by atoms with E-state index in [2.05, 4.69) is 66.7 Å². The second kappa shape index (κ2) is 6.32. The molecule has 5 aromatic rings. The minimum Gasteiger partial charge on any atom is -0.437 e. The molecule has 1 aliphatic heterocycles. The van der Waals surface area contributed by atoms with Crippen LogP contribution in [0.3, 0.4) is 0 Å². The number of para-hydroxylation sites is 1. The topological polar surface area (TPSA) is 22.1 Å². The summed E-state index contributed by atoms with van der Waals surface area (Å²) >= 11 is 0. The summed E-state index contributed by atoms with van der Waals surface area (Å²) in [5.41, 5.74) is 5.39. The van der Waals surface area contributed by atoms with E-state index in [1.54, 1.807) is 0 Å². The Balaban J connectivity index is 1.76. The summed E-state index contributed by atoms with van der Waals surface area (Å²) in [4.78, 5) is 4.88. The van der Waals surface area contributed by atoms with Crippen molar-refractivity contribution in [2.75, 3.05) is 0 Å². The van der Waals surface area contributed by atoms with Gasteiger partial charge in [0, 0.05) is 16.5 Å². The van der Waals surface area contributed by atoms with Crippen molar-refractivity contribution < 1.29 is 4.74 Å². The van der Waals surface area contributed by atoms with Crippen LogP contribution >= 0.6 is 0 Å². The van der Waals surface area contributed by atoms with Crippen LogP contribution in [0, 0.1) is 0 Å². The van der Waals surface area contributed by atoms with Gasteiger partial charge in [-0.3, -0.25) is 0 Å². The second-order valence-corrected chi connectivity index (χ2v) is 7.20. The number of hydrogen-bond donors (Lipinski definition) is 0. The average Bonchev–Trinajstić information content (AvgIpc) is 2.80. The molecule has 0 unspecified atom stereocenters. The van der Waals surface area contributed by atoms with E-state index in [4.69, 9.17) is 9.72 Å². The summed E-state index contributed by atoms with van der Waals surface area (Å²) in [5, 5.41) is 3.39. The smallest absolute Gasteiger partial charge is 0.228 e. The zero-order valence-corrected chi connectivity index (χ0v) is 15.7. The second-order valence-electron chi connectivity index (χ2n) is 7.20. The zero-order chi connectivity index (χ0) is 19.2. The van der Waals surface area contributed by atoms with Gasteiger partial charge in [-0.1, -0.05) is 97.1 Å². The highest BCUT2D eigenvalue weighted by molar-refractivity contribution is 6.16. The Morgan fingerprint density at radius 2 is 1.21 bits per heavy atom. The molecule has 0 fully saturated rings. The number of rotatable bonds is 2. The fraction of sp³-hybridized carbons (Fsp3) is 0. The van der Waals surface area contributed by atoms with Crippen molar-refractivity contribution in [3.05, 3.63) is 120 Å². The van der Waals surface area contributed by atoms with Crippen LogP contribution in [0.25, 0.3) is 33.0 Å². The number of aromatic nitrogens is 1. The third-order valence-corrected chi connectivity index (χ3v) is 5.49. The number of ether oxygens (including phenoxy) is 1. The lowest BCUT2D eigenvalue weighted by atomic mass is 9.88. The van der Waals surface area contributed by atoms with Gasteiger partial charge in [-0.15, -0.1) is 0 Å². The third kappa shape index (κ3) is 2.46. The van der Waals surface area contributed by atoms with Crippen molar-refractivity contribution in [1.82, 2.24) is 4.98 Å². The highest BCUT2D eigenvalue weighted by Crippen LogP contribution is 2.45. The monoisotopic (exact) mass is 371 g/mol. The molecule has 0 radical (unpaired) electrons. The van der Waals surface area contributed by atoms with Gasteiger partial charge in [0.15, 0.2) is 0 Å². The van der Waals surface area contributed by atoms with Crippen molar-refractivity contribution >= 4 is 33.0 Å². The molecule has 1 aromatic heterocycles. The molecule has 0 atom stereocenters. The van der Waals surface area contributed by atoms with Crippen LogP contribution in [0.1, 0.15) is 16.7 Å². The SMILES string of the molecule is c1ccc(C2=C(c3ccccc3)c3cccc4c3c(nc3ccccc34)O2)cc1. The molecule has 1 aliphatic rings. The average molecular weight is 371 g/mol. The number of nitrogens with zero attached hydrogens (tertiary/aromatic N) is 1. The molecule has 2 nitrogen and oxygen atoms in total. The van der Waals surface area contributed by atoms with E-state index in [0.29, 0.717) is 5.88 Å². The van der Waals surface area contributed by atoms with Crippen molar-refractivity contribution in [1.29, 1.82) is 0 Å². The molecular formula is C27H17NO. The van der Waals surface area contributed by atoms with E-state index >= 15 is 0 Å². The number of benzene rings is 4. The fourth-order valence-electron chi connectivity index (χ4n) is 4.21. The first-order valence-electron chi connectivity index (χ1n) is 9.75. The van der Waals surface area contributed by atoms with Gasteiger partial charge in [-0.05, 0) is 22.6 Å². The van der Waals surface area contributed by atoms with Crippen molar-refractivity contribution in [2.45, 2.75) is 0 Å². The standard InChI is InChI=1S/C27H17NO/c1-3-10-18(11-4-1)24-22-16-9-15-21-20-14-7-8-17-23(20)28-27(25(21)22)29-26(24)19-12-5-2-6-13-19/h1-17H. The summed E-state index contributed by atoms with van der Waals surface area (Å²) in [5.74, 6) is 1.52. The molecular weight excluding hydrogens is 354 g/mol. The molecule has 0 aliphatic carbocycles. The van der Waals surface area contributed by atoms with Crippen LogP contribution in [0.5, 0.6) is 5.88 Å². The molecule has 0 spiro atoms. The molecule has 0 amide bonds. The first-order valence-corrected chi connectivity index (χ1v) is 9.75. The van der Waals surface area contributed by atoms with Gasteiger partial charge in [0.25, 0.3) is 0 Å². The van der Waals surface area contributed by atoms with Gasteiger partial charge in [0.2, 0.25) is 5.88 Å². The molecule has 0 N–H and O–H groups in total. The number of hydrogen-bond acceptors (Lipinski definition) is 2. The lowest BCUT2D eigenvalue weighted by Gasteiger charge is -2.25. The molecule has 4 aromatic carbocycles. The van der Waals surface area contributed by atoms with E-state index in [0.717, 1.165) is 44.3 Å². The minimum absolute atomic E-state index is 0.674. The Morgan fingerprint density at radius 3 is 2.00 bits per heavy atom. The Labute approximate surface area is 168 Å². The van der Waals surface area contributed by atoms with Gasteiger partial charge in [-0.2, -0.15) is 0 Å². The van der Waals surface area contributed by atoms with E-state index in [9.17, 15) is 0 Å². The van der Waals surface area contributed by atoms with Crippen LogP contribution < -0.4 is 4.74 Å². The molecule has 136 valence electrons. The maximum absolute atomic E-state index is 6.53. The summed E-state index contributed by atoms with van der Waals surface area (Å²) in [6.07, 6.45) is 0. The quantitative estimate of drug-likeness (QED) is 0.322. The predicted molar refractivity (Wildman–Crippen MR) is 119 cm³/mol. The molecule has 0 saturated carbocycles. The largest absolute Gasteiger partial charge is 0.437 e. The van der Waals surface area contributed by atoms with E-state index < -0.39 is 0 Å². The summed E-state index contributed by atoms with van der Waals surface area (Å²) < 4.78 is 6.53. The molecule has 6 rings (SSSR count). The van der Waals surface area contributed by atoms with E-state index in [1.807, 2.05) is 36.4 Å². The van der Waals surface area contributed by atoms with Gasteiger partial charge in [-0.25, -0.2) is 4.98 Å². The van der Waals surface area contributed by atoms with Gasteiger partial charge in [0.05, 0.1) is 10.9 Å². The molecule has 0 bridgehead atoms. The molecule has 0 saturated heterocycles. The number of fused-ring (bicyclic) bond motifs is 2. The summed E-state index contributed by atoms with van der Waals surface area (Å²) in [6, 6.07) is 35.4. The molecule has 2 heterocycles. The normalized spacial score (nSPS) is 13.0. The first kappa shape index (κ1) is 16.1. The van der Waals surface area contributed by atoms with Gasteiger partial charge < -0.3 is 4.74 Å². The Morgan fingerprint density at radius 1 is 0.552 bits per heavy atom. The lowest BCUT2D eigenvalue weighted by molar-refractivity contribution is 0.501. The van der Waals surface area contributed by atoms with E-state index in [1.165, 1.54) is 5.39 Å². The first-order chi connectivity index (χ1) is 14.4. The van der Waals surface area contributed by atoms with Gasteiger partial charge in [0.1, 0.15) is 5.76 Å². The van der Waals surface area contributed by atoms with Crippen LogP contribution in [0.15, 0.2) is 103 Å². The molecule has 2 heteroatoms. The van der Waals surface area contributed by atoms with Crippen molar-refractivity contribution in [3.63, 3.8) is 0 Å². The fourth-order valence-corrected chi connectivity index (χ4v) is 4.21. The Hall–Kier alpha value is -3.91. The van der Waals surface area contributed by atoms with Crippen LogP contribution in [-0.4, -0.2) is 4.98 Å². The Kier molecular flexibility index (Phi) is 3.50. The highest BCUT2D eigenvalue weighted by Gasteiger charge is 2.26. The Bertz CT molecular complexity index is 1400. The lowest BCUT2D eigenvalue weighted by Crippen LogP contribution is -2.09. The van der Waals surface area contributed by atoms with Crippen LogP contribution in [0.4, 0.5) is 0 Å². The summed E-state index contributed by atoms with van der Waals surface area (Å²) in [7, 11) is 0. The maximum Gasteiger partial charge on any atom is 0.228 e. The number of pyridine rings is 1. The minimum atomic E-state index is 0.674. The third-order valence-electron chi connectivity index (χ3n) is 5.49. The summed E-state index contributed by atoms with van der Waals surface area (Å²) in [6.45, 7) is 0. The van der Waals surface area contributed by atoms with E-state index in [-0.39, 0.29) is 0 Å². The van der Waals surface area contributed by atoms with Gasteiger partial charge >= 0.3 is 0 Å². The van der Waals surface area contributed by atoms with Crippen LogP contribution in [0.2, 0.25) is 0 Å². The zero-order valence-electron chi connectivity index (χ0n) is 15.7. The predicted octanol–water partition coefficient (Wildman–Crippen LogP) is 6.70. The van der Waals surface area contributed by atoms with Crippen LogP contribution in [-0.2, 0) is 0 Å².